The Morgan fingerprint density at radius 1 is 0.672 bits per heavy atom. The van der Waals surface area contributed by atoms with Crippen molar-refractivity contribution in [2.24, 2.45) is 0 Å². The van der Waals surface area contributed by atoms with E-state index in [2.05, 4.69) is 18.2 Å². The summed E-state index contributed by atoms with van der Waals surface area (Å²) in [5.41, 5.74) is 1.61. The van der Waals surface area contributed by atoms with Gasteiger partial charge in [0.25, 0.3) is 0 Å². The Balaban J connectivity index is 0.000000412. The topological polar surface area (TPSA) is 161 Å². The van der Waals surface area contributed by atoms with Gasteiger partial charge in [-0.3, -0.25) is 0 Å². The zero-order chi connectivity index (χ0) is 42.6. The molecule has 58 heavy (non-hydrogen) atoms. The zero-order valence-corrected chi connectivity index (χ0v) is 38.0. The van der Waals surface area contributed by atoms with Crippen molar-refractivity contribution >= 4 is 64.0 Å². The average molecular weight is 900 g/mol. The first-order chi connectivity index (χ1) is 27.4. The van der Waals surface area contributed by atoms with Crippen LogP contribution >= 0.6 is 58.0 Å². The van der Waals surface area contributed by atoms with Gasteiger partial charge in [-0.1, -0.05) is 89.4 Å². The number of halogens is 6. The first-order valence-electron chi connectivity index (χ1n) is 17.4. The number of esters is 1. The van der Waals surface area contributed by atoms with E-state index in [4.69, 9.17) is 83.5 Å². The van der Waals surface area contributed by atoms with Gasteiger partial charge in [-0.15, -0.1) is 23.2 Å². The maximum absolute atomic E-state index is 12.8. The van der Waals surface area contributed by atoms with Crippen molar-refractivity contribution in [3.8, 4) is 18.2 Å². The Bertz CT molecular complexity index is 1860. The van der Waals surface area contributed by atoms with Crippen LogP contribution in [-0.4, -0.2) is 54.1 Å². The summed E-state index contributed by atoms with van der Waals surface area (Å²) in [5, 5.41) is 54.3. The van der Waals surface area contributed by atoms with E-state index in [0.29, 0.717) is 59.2 Å². The van der Waals surface area contributed by atoms with Gasteiger partial charge in [-0.25, -0.2) is 9.18 Å². The molecular weight excluding hydrogens is 858 g/mol. The molecule has 15 heteroatoms. The first kappa shape index (κ1) is 53.1. The normalized spacial score (nSPS) is 24.0. The van der Waals surface area contributed by atoms with Crippen molar-refractivity contribution in [3.05, 3.63) is 140 Å². The van der Waals surface area contributed by atoms with Crippen molar-refractivity contribution in [1.82, 2.24) is 0 Å². The van der Waals surface area contributed by atoms with Crippen LogP contribution in [0.2, 0.25) is 15.1 Å². The summed E-state index contributed by atoms with van der Waals surface area (Å²) >= 11 is 26.9. The van der Waals surface area contributed by atoms with Gasteiger partial charge >= 0.3 is 35.5 Å². The van der Waals surface area contributed by atoms with Crippen LogP contribution in [0.25, 0.3) is 0 Å². The minimum atomic E-state index is -0.828. The Kier molecular flexibility index (Phi) is 24.1. The van der Waals surface area contributed by atoms with Gasteiger partial charge in [0, 0.05) is 47.9 Å². The van der Waals surface area contributed by atoms with Crippen molar-refractivity contribution in [1.29, 1.82) is 15.8 Å². The van der Waals surface area contributed by atoms with E-state index in [9.17, 15) is 19.6 Å². The Morgan fingerprint density at radius 2 is 0.983 bits per heavy atom. The van der Waals surface area contributed by atoms with E-state index in [1.807, 2.05) is 30.3 Å². The molecule has 0 aliphatic heterocycles. The molecule has 3 fully saturated rings. The summed E-state index contributed by atoms with van der Waals surface area (Å²) < 4.78 is 18.2. The molecular formula is C43H42Cl5FN3NaO5. The molecule has 8 nitrogen and oxygen atoms in total. The molecule has 3 aliphatic rings. The third-order valence-electron chi connectivity index (χ3n) is 9.58. The molecule has 0 unspecified atom stereocenters. The molecule has 302 valence electrons. The van der Waals surface area contributed by atoms with E-state index in [-0.39, 0.29) is 53.1 Å². The van der Waals surface area contributed by atoms with Crippen molar-refractivity contribution in [3.63, 3.8) is 0 Å². The number of ether oxygens (including phenoxy) is 1. The maximum atomic E-state index is 12.8. The largest absolute Gasteiger partial charge is 1.00 e. The summed E-state index contributed by atoms with van der Waals surface area (Å²) in [4.78, 5) is 12.0. The molecule has 0 aromatic heterocycles. The number of alkyl halides is 3. The summed E-state index contributed by atoms with van der Waals surface area (Å²) in [6.07, 6.45) is 1.35. The zero-order valence-electron chi connectivity index (χ0n) is 32.2. The number of nitriles is 3. The molecule has 3 saturated carbocycles. The molecule has 2 N–H and O–H groups in total. The number of nitrogens with zero attached hydrogens (tertiary/aromatic N) is 3. The van der Waals surface area contributed by atoms with Gasteiger partial charge in [-0.2, -0.15) is 22.9 Å². The Hall–Kier alpha value is -2.92. The second kappa shape index (κ2) is 26.3. The molecule has 0 bridgehead atoms. The molecule has 4 aromatic rings. The number of hydrogen-bond donors (Lipinski definition) is 2. The summed E-state index contributed by atoms with van der Waals surface area (Å²) in [7, 11) is 1.75. The summed E-state index contributed by atoms with van der Waals surface area (Å²) in [5.74, 6) is -0.340. The maximum Gasteiger partial charge on any atom is 1.00 e. The fraction of sp³-hybridized carbons (Fsp3) is 0.349. The van der Waals surface area contributed by atoms with Gasteiger partial charge in [0.2, 0.25) is 0 Å². The van der Waals surface area contributed by atoms with E-state index in [0.717, 1.165) is 30.9 Å². The fourth-order valence-corrected chi connectivity index (χ4v) is 6.89. The molecule has 4 aromatic carbocycles. The molecule has 7 rings (SSSR count). The average Bonchev–Trinajstić information content (AvgIpc) is 3.20. The molecule has 0 atom stereocenters. The summed E-state index contributed by atoms with van der Waals surface area (Å²) in [6, 6.07) is 37.3. The van der Waals surface area contributed by atoms with E-state index >= 15 is 0 Å². The van der Waals surface area contributed by atoms with Gasteiger partial charge < -0.3 is 20.1 Å². The standard InChI is InChI=1S/C18H14ClNO2.C11H9ClFN.C11H10ClNO.CH2Cl2.CH4O.CH3O.Na/c19-15-8-6-14(7-9-15)18(12-20)10-16(11-18)22-17(21)13-4-2-1-3-5-13;12-9-3-1-8(2-4-9)11(7-14)5-10(13)6-11;12-9-3-1-8(2-4-9)11(7-13)5-10(14)6-11;2-1-3;2*1-2;/h1-9,16H,10-11H2;1-4,10H,5-6H2;1-4,10,14H,5-6H2;1H2;2H,1H3;1H3;/q;;;;;-1;+1. The van der Waals surface area contributed by atoms with Crippen LogP contribution in [-0.2, 0) is 21.0 Å². The van der Waals surface area contributed by atoms with Crippen LogP contribution in [0.1, 0.15) is 65.6 Å². The van der Waals surface area contributed by atoms with Crippen molar-refractivity contribution < 1.29 is 58.8 Å². The third-order valence-corrected chi connectivity index (χ3v) is 10.3. The molecule has 3 aliphatic carbocycles. The second-order valence-electron chi connectivity index (χ2n) is 13.1. The van der Waals surface area contributed by atoms with Gasteiger partial charge in [0.05, 0.1) is 51.5 Å². The van der Waals surface area contributed by atoms with Gasteiger partial charge in [-0.05, 0) is 78.1 Å². The minimum absolute atomic E-state index is 0. The van der Waals surface area contributed by atoms with E-state index in [1.54, 1.807) is 72.8 Å². The van der Waals surface area contributed by atoms with Gasteiger partial charge in [0.1, 0.15) is 12.3 Å². The smallest absolute Gasteiger partial charge is 0.857 e. The van der Waals surface area contributed by atoms with Crippen LogP contribution in [0.3, 0.4) is 0 Å². The summed E-state index contributed by atoms with van der Waals surface area (Å²) in [6.45, 7) is 0. The number of benzene rings is 4. The third kappa shape index (κ3) is 14.4. The number of carbonyl (C=O) groups is 1. The SMILES string of the molecule is CO.C[O-].ClCCl.N#CC1(c2ccc(Cl)cc2)CC(F)C1.N#CC1(c2ccc(Cl)cc2)CC(O)C1.N#CC1(c2ccc(Cl)cc2)CC(OC(=O)c2ccccc2)C1.[Na+]. The quantitative estimate of drug-likeness (QED) is 0.128. The molecule has 0 spiro atoms. The second-order valence-corrected chi connectivity index (χ2v) is 15.2. The van der Waals surface area contributed by atoms with Crippen molar-refractivity contribution in [2.75, 3.05) is 19.6 Å². The number of aliphatic hydroxyl groups is 2. The number of carbonyl (C=O) groups excluding carboxylic acids is 1. The van der Waals surface area contributed by atoms with Crippen LogP contribution in [0, 0.1) is 34.0 Å². The molecule has 0 radical (unpaired) electrons. The predicted molar refractivity (Wildman–Crippen MR) is 221 cm³/mol. The number of hydrogen-bond acceptors (Lipinski definition) is 8. The van der Waals surface area contributed by atoms with Crippen LogP contribution in [0.4, 0.5) is 4.39 Å². The minimum Gasteiger partial charge on any atom is -0.857 e. The van der Waals surface area contributed by atoms with Crippen LogP contribution in [0.5, 0.6) is 0 Å². The Labute approximate surface area is 386 Å². The van der Waals surface area contributed by atoms with Crippen molar-refractivity contribution in [2.45, 2.75) is 73.1 Å². The van der Waals surface area contributed by atoms with E-state index in [1.165, 1.54) is 0 Å². The number of aliphatic hydroxyl groups excluding tert-OH is 2. The van der Waals surface area contributed by atoms with E-state index < -0.39 is 22.4 Å². The molecule has 0 saturated heterocycles. The fourth-order valence-electron chi connectivity index (χ4n) is 6.52. The number of rotatable bonds is 5. The molecule has 0 heterocycles. The van der Waals surface area contributed by atoms with Crippen LogP contribution < -0.4 is 34.7 Å². The predicted octanol–water partition coefficient (Wildman–Crippen LogP) is 6.62. The van der Waals surface area contributed by atoms with Crippen LogP contribution in [0.15, 0.2) is 103 Å². The first-order valence-corrected chi connectivity index (χ1v) is 19.6. The molecule has 0 amide bonds. The monoisotopic (exact) mass is 897 g/mol. The Morgan fingerprint density at radius 3 is 1.28 bits per heavy atom. The van der Waals surface area contributed by atoms with Gasteiger partial charge in [0.15, 0.2) is 0 Å².